The maximum absolute atomic E-state index is 13.2. The number of hydrogen-bond donors (Lipinski definition) is 2. The van der Waals surface area contributed by atoms with E-state index in [1.165, 1.54) is 18.2 Å². The molecule has 0 unspecified atom stereocenters. The summed E-state index contributed by atoms with van der Waals surface area (Å²) in [6, 6.07) is 17.2. The van der Waals surface area contributed by atoms with Gasteiger partial charge in [-0.1, -0.05) is 41.9 Å². The average Bonchev–Trinajstić information content (AvgIpc) is 2.85. The van der Waals surface area contributed by atoms with Crippen LogP contribution in [-0.4, -0.2) is 40.2 Å². The third-order valence-electron chi connectivity index (χ3n) is 5.22. The van der Waals surface area contributed by atoms with Gasteiger partial charge < -0.3 is 19.5 Å². The van der Waals surface area contributed by atoms with Gasteiger partial charge in [0.1, 0.15) is 25.0 Å². The summed E-state index contributed by atoms with van der Waals surface area (Å²) in [5, 5.41) is 2.94. The number of hydrogen-bond acceptors (Lipinski definition) is 6. The zero-order valence-corrected chi connectivity index (χ0v) is 20.6. The monoisotopic (exact) mass is 516 g/mol. The molecule has 0 fully saturated rings. The Kier molecular flexibility index (Phi) is 7.80. The van der Waals surface area contributed by atoms with Crippen molar-refractivity contribution in [3.8, 4) is 17.2 Å². The molecule has 184 valence electrons. The molecule has 0 saturated carbocycles. The summed E-state index contributed by atoms with van der Waals surface area (Å²) in [5.41, 5.74) is 1.25. The lowest BCUT2D eigenvalue weighted by molar-refractivity contribution is -0.117. The van der Waals surface area contributed by atoms with Gasteiger partial charge in [-0.25, -0.2) is 8.42 Å². The molecule has 0 spiro atoms. The summed E-state index contributed by atoms with van der Waals surface area (Å²) in [7, 11) is -4.08. The predicted octanol–water partition coefficient (Wildman–Crippen LogP) is 4.04. The van der Waals surface area contributed by atoms with Crippen LogP contribution in [0, 0.1) is 0 Å². The highest BCUT2D eigenvalue weighted by atomic mass is 35.5. The minimum absolute atomic E-state index is 0.0730. The molecule has 0 aliphatic carbocycles. The fourth-order valence-corrected chi connectivity index (χ4v) is 5.09. The van der Waals surface area contributed by atoms with Crippen molar-refractivity contribution in [3.05, 3.63) is 77.3 Å². The predicted molar refractivity (Wildman–Crippen MR) is 133 cm³/mol. The van der Waals surface area contributed by atoms with Crippen molar-refractivity contribution in [1.29, 1.82) is 0 Å². The van der Waals surface area contributed by atoms with E-state index < -0.39 is 22.0 Å². The van der Waals surface area contributed by atoms with E-state index in [-0.39, 0.29) is 16.3 Å². The normalized spacial score (nSPS) is 13.7. The van der Waals surface area contributed by atoms with E-state index in [0.29, 0.717) is 42.8 Å². The molecule has 3 aromatic rings. The zero-order chi connectivity index (χ0) is 24.8. The summed E-state index contributed by atoms with van der Waals surface area (Å²) >= 11 is 6.19. The molecule has 4 rings (SSSR count). The molecule has 0 radical (unpaired) electrons. The fourth-order valence-electron chi connectivity index (χ4n) is 3.56. The third-order valence-corrected chi connectivity index (χ3v) is 6.98. The highest BCUT2D eigenvalue weighted by Gasteiger charge is 2.27. The van der Waals surface area contributed by atoms with Crippen molar-refractivity contribution >= 4 is 33.2 Å². The first-order valence-electron chi connectivity index (χ1n) is 11.0. The van der Waals surface area contributed by atoms with Crippen LogP contribution in [-0.2, 0) is 21.2 Å². The lowest BCUT2D eigenvalue weighted by Gasteiger charge is -2.21. The van der Waals surface area contributed by atoms with E-state index in [2.05, 4.69) is 10.0 Å². The van der Waals surface area contributed by atoms with Crippen LogP contribution in [0.25, 0.3) is 0 Å². The first-order valence-corrected chi connectivity index (χ1v) is 12.9. The molecule has 3 aromatic carbocycles. The van der Waals surface area contributed by atoms with Gasteiger partial charge in [-0.3, -0.25) is 4.79 Å². The van der Waals surface area contributed by atoms with Gasteiger partial charge in [0.05, 0.1) is 16.5 Å². The van der Waals surface area contributed by atoms with Crippen molar-refractivity contribution < 1.29 is 27.4 Å². The average molecular weight is 517 g/mol. The molecule has 10 heteroatoms. The molecule has 1 aliphatic heterocycles. The van der Waals surface area contributed by atoms with E-state index in [4.69, 9.17) is 25.8 Å². The van der Waals surface area contributed by atoms with Crippen molar-refractivity contribution in [3.63, 3.8) is 0 Å². The van der Waals surface area contributed by atoms with E-state index >= 15 is 0 Å². The highest BCUT2D eigenvalue weighted by molar-refractivity contribution is 7.89. The number of ether oxygens (including phenoxy) is 3. The van der Waals surface area contributed by atoms with E-state index in [0.717, 1.165) is 5.56 Å². The first kappa shape index (κ1) is 24.8. The summed E-state index contributed by atoms with van der Waals surface area (Å²) in [5.74, 6) is 0.956. The zero-order valence-electron chi connectivity index (χ0n) is 19.0. The van der Waals surface area contributed by atoms with Gasteiger partial charge in [0.25, 0.3) is 0 Å². The maximum Gasteiger partial charge on any atom is 0.242 e. The number of nitrogens with one attached hydrogen (secondary N) is 2. The second-order valence-electron chi connectivity index (χ2n) is 7.74. The van der Waals surface area contributed by atoms with Crippen LogP contribution in [0.15, 0.2) is 71.6 Å². The molecule has 8 nitrogen and oxygen atoms in total. The van der Waals surface area contributed by atoms with Crippen molar-refractivity contribution in [2.24, 2.45) is 0 Å². The number of rotatable bonds is 9. The van der Waals surface area contributed by atoms with Gasteiger partial charge in [0, 0.05) is 11.8 Å². The van der Waals surface area contributed by atoms with E-state index in [9.17, 15) is 13.2 Å². The lowest BCUT2D eigenvalue weighted by atomic mass is 10.1. The van der Waals surface area contributed by atoms with Crippen LogP contribution in [0.5, 0.6) is 17.2 Å². The third kappa shape index (κ3) is 6.25. The van der Waals surface area contributed by atoms with Crippen LogP contribution < -0.4 is 24.2 Å². The maximum atomic E-state index is 13.2. The molecule has 1 atom stereocenters. The molecular formula is C25H25ClN2O6S. The van der Waals surface area contributed by atoms with E-state index in [1.54, 1.807) is 25.1 Å². The molecule has 0 aromatic heterocycles. The number of anilines is 1. The standard InChI is InChI=1S/C25H25ClN2O6S/c1-2-32-22-11-9-19(16-20(22)26)35(30,31)28-21(14-17-6-4-3-5-7-17)25(29)27-18-8-10-23-24(15-18)34-13-12-33-23/h3-11,15-16,21,28H,2,12-14H2,1H3,(H,27,29)/t21-/m0/s1. The van der Waals surface area contributed by atoms with Gasteiger partial charge in [0.15, 0.2) is 11.5 Å². The largest absolute Gasteiger partial charge is 0.492 e. The second kappa shape index (κ2) is 11.0. The summed E-state index contributed by atoms with van der Waals surface area (Å²) in [4.78, 5) is 13.2. The van der Waals surface area contributed by atoms with Gasteiger partial charge in [0.2, 0.25) is 15.9 Å². The second-order valence-corrected chi connectivity index (χ2v) is 9.86. The first-order chi connectivity index (χ1) is 16.9. The number of amides is 1. The quantitative estimate of drug-likeness (QED) is 0.445. The SMILES string of the molecule is CCOc1ccc(S(=O)(=O)N[C@@H](Cc2ccccc2)C(=O)Nc2ccc3c(c2)OCCO3)cc1Cl. The molecule has 1 heterocycles. The van der Waals surface area contributed by atoms with Crippen LogP contribution in [0.3, 0.4) is 0 Å². The minimum atomic E-state index is -4.08. The number of halogens is 1. The molecule has 2 N–H and O–H groups in total. The highest BCUT2D eigenvalue weighted by Crippen LogP contribution is 2.33. The summed E-state index contributed by atoms with van der Waals surface area (Å²) in [6.07, 6.45) is 0.140. The Labute approximate surface area is 209 Å². The van der Waals surface area contributed by atoms with Crippen LogP contribution in [0.4, 0.5) is 5.69 Å². The number of carbonyl (C=O) groups is 1. The number of benzene rings is 3. The fraction of sp³-hybridized carbons (Fsp3) is 0.240. The Hall–Kier alpha value is -3.27. The Morgan fingerprint density at radius 2 is 1.77 bits per heavy atom. The minimum Gasteiger partial charge on any atom is -0.492 e. The van der Waals surface area contributed by atoms with Gasteiger partial charge in [-0.15, -0.1) is 0 Å². The molecule has 0 saturated heterocycles. The summed E-state index contributed by atoms with van der Waals surface area (Å²) < 4.78 is 45.3. The Morgan fingerprint density at radius 1 is 1.03 bits per heavy atom. The lowest BCUT2D eigenvalue weighted by Crippen LogP contribution is -2.45. The Morgan fingerprint density at radius 3 is 2.49 bits per heavy atom. The van der Waals surface area contributed by atoms with E-state index in [1.807, 2.05) is 30.3 Å². The molecule has 1 amide bonds. The smallest absolute Gasteiger partial charge is 0.242 e. The van der Waals surface area contributed by atoms with Crippen molar-refractivity contribution in [1.82, 2.24) is 4.72 Å². The molecular weight excluding hydrogens is 492 g/mol. The molecule has 0 bridgehead atoms. The van der Waals surface area contributed by atoms with Crippen molar-refractivity contribution in [2.45, 2.75) is 24.3 Å². The Bertz CT molecular complexity index is 1300. The van der Waals surface area contributed by atoms with Crippen LogP contribution in [0.2, 0.25) is 5.02 Å². The number of sulfonamides is 1. The Balaban J connectivity index is 1.57. The molecule has 35 heavy (non-hydrogen) atoms. The van der Waals surface area contributed by atoms with Crippen LogP contribution >= 0.6 is 11.6 Å². The van der Waals surface area contributed by atoms with Crippen LogP contribution in [0.1, 0.15) is 12.5 Å². The topological polar surface area (TPSA) is 103 Å². The number of carbonyl (C=O) groups excluding carboxylic acids is 1. The molecule has 1 aliphatic rings. The van der Waals surface area contributed by atoms with Gasteiger partial charge in [-0.2, -0.15) is 4.72 Å². The van der Waals surface area contributed by atoms with Gasteiger partial charge in [-0.05, 0) is 49.2 Å². The summed E-state index contributed by atoms with van der Waals surface area (Å²) in [6.45, 7) is 3.06. The number of fused-ring (bicyclic) bond motifs is 1. The van der Waals surface area contributed by atoms with Crippen molar-refractivity contribution in [2.75, 3.05) is 25.1 Å². The van der Waals surface area contributed by atoms with Gasteiger partial charge >= 0.3 is 0 Å².